The van der Waals surface area contributed by atoms with E-state index in [1.54, 1.807) is 7.11 Å². The van der Waals surface area contributed by atoms with Crippen LogP contribution in [-0.4, -0.2) is 43.6 Å². The zero-order valence-corrected chi connectivity index (χ0v) is 12.7. The van der Waals surface area contributed by atoms with Crippen LogP contribution in [0.1, 0.15) is 24.0 Å². The van der Waals surface area contributed by atoms with Crippen molar-refractivity contribution in [3.8, 4) is 0 Å². The maximum absolute atomic E-state index is 10.9. The zero-order valence-electron chi connectivity index (χ0n) is 12.7. The van der Waals surface area contributed by atoms with Gasteiger partial charge in [0.2, 0.25) is 5.91 Å². The molecule has 1 aromatic rings. The molecular weight excluding hydrogens is 266 g/mol. The van der Waals surface area contributed by atoms with Crippen LogP contribution in [0.15, 0.2) is 24.3 Å². The molecule has 0 radical (unpaired) electrons. The molecule has 21 heavy (non-hydrogen) atoms. The summed E-state index contributed by atoms with van der Waals surface area (Å²) in [6.07, 6.45) is 2.12. The Balaban J connectivity index is 1.74. The molecule has 0 aromatic heterocycles. The van der Waals surface area contributed by atoms with Crippen molar-refractivity contribution in [3.63, 3.8) is 0 Å². The van der Waals surface area contributed by atoms with Gasteiger partial charge < -0.3 is 15.8 Å². The number of nitrogens with zero attached hydrogens (tertiary/aromatic N) is 1. The first-order valence-corrected chi connectivity index (χ1v) is 7.48. The first-order chi connectivity index (χ1) is 10.2. The quantitative estimate of drug-likeness (QED) is 0.782. The SMILES string of the molecule is COCc1cccc(CNC2CCN(CC(N)=O)CC2)c1. The van der Waals surface area contributed by atoms with E-state index in [4.69, 9.17) is 10.5 Å². The summed E-state index contributed by atoms with van der Waals surface area (Å²) in [5.41, 5.74) is 7.71. The number of nitrogens with one attached hydrogen (secondary N) is 1. The van der Waals surface area contributed by atoms with Gasteiger partial charge in [0.1, 0.15) is 0 Å². The standard InChI is InChI=1S/C16H25N3O2/c1-21-12-14-4-2-3-13(9-14)10-18-15-5-7-19(8-6-15)11-16(17)20/h2-4,9,15,18H,5-8,10-12H2,1H3,(H2,17,20). The summed E-state index contributed by atoms with van der Waals surface area (Å²) in [4.78, 5) is 13.0. The average Bonchev–Trinajstić information content (AvgIpc) is 2.47. The lowest BCUT2D eigenvalue weighted by Crippen LogP contribution is -2.45. The van der Waals surface area contributed by atoms with Crippen LogP contribution in [0.2, 0.25) is 0 Å². The minimum atomic E-state index is -0.239. The highest BCUT2D eigenvalue weighted by Crippen LogP contribution is 2.12. The van der Waals surface area contributed by atoms with E-state index in [1.807, 2.05) is 0 Å². The van der Waals surface area contributed by atoms with E-state index >= 15 is 0 Å². The second kappa shape index (κ2) is 8.12. The van der Waals surface area contributed by atoms with Crippen molar-refractivity contribution in [3.05, 3.63) is 35.4 Å². The highest BCUT2D eigenvalue weighted by molar-refractivity contribution is 5.75. The molecule has 1 heterocycles. The summed E-state index contributed by atoms with van der Waals surface area (Å²) in [5.74, 6) is -0.239. The third-order valence-electron chi connectivity index (χ3n) is 3.86. The Morgan fingerprint density at radius 2 is 2.10 bits per heavy atom. The lowest BCUT2D eigenvalue weighted by molar-refractivity contribution is -0.119. The molecule has 3 N–H and O–H groups in total. The number of piperidine rings is 1. The lowest BCUT2D eigenvalue weighted by Gasteiger charge is -2.31. The maximum atomic E-state index is 10.9. The largest absolute Gasteiger partial charge is 0.380 e. The summed E-state index contributed by atoms with van der Waals surface area (Å²) in [6, 6.07) is 8.98. The van der Waals surface area contributed by atoms with E-state index < -0.39 is 0 Å². The van der Waals surface area contributed by atoms with E-state index in [1.165, 1.54) is 11.1 Å². The number of amides is 1. The molecule has 116 valence electrons. The number of primary amides is 1. The summed E-state index contributed by atoms with van der Waals surface area (Å²) in [5, 5.41) is 3.60. The van der Waals surface area contributed by atoms with E-state index in [0.29, 0.717) is 19.2 Å². The molecule has 5 nitrogen and oxygen atoms in total. The van der Waals surface area contributed by atoms with Gasteiger partial charge in [-0.25, -0.2) is 0 Å². The fraction of sp³-hybridized carbons (Fsp3) is 0.562. The highest BCUT2D eigenvalue weighted by Gasteiger charge is 2.19. The van der Waals surface area contributed by atoms with Gasteiger partial charge in [0.15, 0.2) is 0 Å². The summed E-state index contributed by atoms with van der Waals surface area (Å²) >= 11 is 0. The molecule has 1 aromatic carbocycles. The van der Waals surface area contributed by atoms with Crippen LogP contribution >= 0.6 is 0 Å². The van der Waals surface area contributed by atoms with Crippen molar-refractivity contribution < 1.29 is 9.53 Å². The fourth-order valence-electron chi connectivity index (χ4n) is 2.77. The van der Waals surface area contributed by atoms with Crippen LogP contribution in [0.5, 0.6) is 0 Å². The van der Waals surface area contributed by atoms with Gasteiger partial charge in [0.25, 0.3) is 0 Å². The third kappa shape index (κ3) is 5.46. The van der Waals surface area contributed by atoms with Crippen molar-refractivity contribution in [1.82, 2.24) is 10.2 Å². The van der Waals surface area contributed by atoms with Gasteiger partial charge >= 0.3 is 0 Å². The van der Waals surface area contributed by atoms with Crippen molar-refractivity contribution in [2.24, 2.45) is 5.73 Å². The molecular formula is C16H25N3O2. The number of carbonyl (C=O) groups excluding carboxylic acids is 1. The number of nitrogens with two attached hydrogens (primary N) is 1. The molecule has 0 unspecified atom stereocenters. The second-order valence-electron chi connectivity index (χ2n) is 5.65. The van der Waals surface area contributed by atoms with Gasteiger partial charge in [0, 0.05) is 32.8 Å². The molecule has 5 heteroatoms. The van der Waals surface area contributed by atoms with Crippen molar-refractivity contribution in [1.29, 1.82) is 0 Å². The van der Waals surface area contributed by atoms with Crippen LogP contribution < -0.4 is 11.1 Å². The summed E-state index contributed by atoms with van der Waals surface area (Å²) in [7, 11) is 1.71. The van der Waals surface area contributed by atoms with Gasteiger partial charge in [0.05, 0.1) is 13.2 Å². The van der Waals surface area contributed by atoms with Crippen LogP contribution in [0.3, 0.4) is 0 Å². The molecule has 0 spiro atoms. The van der Waals surface area contributed by atoms with E-state index in [0.717, 1.165) is 32.5 Å². The van der Waals surface area contributed by atoms with Gasteiger partial charge in [-0.1, -0.05) is 24.3 Å². The van der Waals surface area contributed by atoms with Crippen molar-refractivity contribution >= 4 is 5.91 Å². The molecule has 0 aliphatic carbocycles. The minimum absolute atomic E-state index is 0.239. The first-order valence-electron chi connectivity index (χ1n) is 7.48. The molecule has 2 rings (SSSR count). The van der Waals surface area contributed by atoms with E-state index in [9.17, 15) is 4.79 Å². The number of likely N-dealkylation sites (tertiary alicyclic amines) is 1. The summed E-state index contributed by atoms with van der Waals surface area (Å²) in [6.45, 7) is 3.78. The number of hydrogen-bond acceptors (Lipinski definition) is 4. The lowest BCUT2D eigenvalue weighted by atomic mass is 10.0. The molecule has 1 aliphatic rings. The van der Waals surface area contributed by atoms with Gasteiger partial charge in [-0.05, 0) is 24.0 Å². The second-order valence-corrected chi connectivity index (χ2v) is 5.65. The molecule has 0 saturated carbocycles. The Morgan fingerprint density at radius 1 is 1.38 bits per heavy atom. The Morgan fingerprint density at radius 3 is 2.76 bits per heavy atom. The number of ether oxygens (including phenoxy) is 1. The predicted molar refractivity (Wildman–Crippen MR) is 82.7 cm³/mol. The zero-order chi connectivity index (χ0) is 15.1. The summed E-state index contributed by atoms with van der Waals surface area (Å²) < 4.78 is 5.16. The van der Waals surface area contributed by atoms with Crippen LogP contribution in [0.4, 0.5) is 0 Å². The van der Waals surface area contributed by atoms with Gasteiger partial charge in [-0.3, -0.25) is 9.69 Å². The third-order valence-corrected chi connectivity index (χ3v) is 3.86. The van der Waals surface area contributed by atoms with Gasteiger partial charge in [-0.15, -0.1) is 0 Å². The normalized spacial score (nSPS) is 17.0. The first kappa shape index (κ1) is 15.9. The predicted octanol–water partition coefficient (Wildman–Crippen LogP) is 0.872. The Hall–Kier alpha value is -1.43. The number of rotatable bonds is 7. The van der Waals surface area contributed by atoms with E-state index in [-0.39, 0.29) is 5.91 Å². The number of hydrogen-bond donors (Lipinski definition) is 2. The Bertz CT molecular complexity index is 457. The van der Waals surface area contributed by atoms with Crippen molar-refractivity contribution in [2.75, 3.05) is 26.7 Å². The van der Waals surface area contributed by atoms with Crippen LogP contribution in [-0.2, 0) is 22.7 Å². The average molecular weight is 291 g/mol. The fourth-order valence-corrected chi connectivity index (χ4v) is 2.77. The molecule has 0 atom stereocenters. The molecule has 0 bridgehead atoms. The minimum Gasteiger partial charge on any atom is -0.380 e. The Kier molecular flexibility index (Phi) is 6.17. The maximum Gasteiger partial charge on any atom is 0.231 e. The van der Waals surface area contributed by atoms with E-state index in [2.05, 4.69) is 34.5 Å². The molecule has 1 fully saturated rings. The van der Waals surface area contributed by atoms with Crippen molar-refractivity contribution in [2.45, 2.75) is 32.0 Å². The van der Waals surface area contributed by atoms with Crippen LogP contribution in [0, 0.1) is 0 Å². The highest BCUT2D eigenvalue weighted by atomic mass is 16.5. The number of methoxy groups -OCH3 is 1. The molecule has 1 aliphatic heterocycles. The smallest absolute Gasteiger partial charge is 0.231 e. The topological polar surface area (TPSA) is 67.6 Å². The number of carbonyl (C=O) groups is 1. The van der Waals surface area contributed by atoms with Gasteiger partial charge in [-0.2, -0.15) is 0 Å². The Labute approximate surface area is 126 Å². The number of benzene rings is 1. The monoisotopic (exact) mass is 291 g/mol. The van der Waals surface area contributed by atoms with Crippen LogP contribution in [0.25, 0.3) is 0 Å². The molecule has 1 amide bonds. The molecule has 1 saturated heterocycles.